The fourth-order valence-electron chi connectivity index (χ4n) is 5.01. The number of hydrogen-bond acceptors (Lipinski definition) is 6. The normalized spacial score (nSPS) is 15.9. The van der Waals surface area contributed by atoms with E-state index in [1.54, 1.807) is 20.9 Å². The van der Waals surface area contributed by atoms with Gasteiger partial charge in [-0.05, 0) is 57.2 Å². The van der Waals surface area contributed by atoms with Crippen molar-refractivity contribution in [1.29, 1.82) is 0 Å². The van der Waals surface area contributed by atoms with Crippen LogP contribution in [0.5, 0.6) is 0 Å². The summed E-state index contributed by atoms with van der Waals surface area (Å²) in [6.45, 7) is 5.37. The number of carbonyl (C=O) groups excluding carboxylic acids is 4. The molecule has 0 bridgehead atoms. The van der Waals surface area contributed by atoms with Crippen LogP contribution in [0.2, 0.25) is 0 Å². The van der Waals surface area contributed by atoms with Crippen LogP contribution in [0.25, 0.3) is 0 Å². The Hall–Kier alpha value is -3.92. The third-order valence-corrected chi connectivity index (χ3v) is 7.64. The zero-order valence-electron chi connectivity index (χ0n) is 25.0. The van der Waals surface area contributed by atoms with Crippen LogP contribution in [0.1, 0.15) is 50.7 Å². The highest BCUT2D eigenvalue weighted by molar-refractivity contribution is 5.90. The predicted octanol–water partition coefficient (Wildman–Crippen LogP) is 2.87. The smallest absolute Gasteiger partial charge is 0.407 e. The molecule has 10 nitrogen and oxygen atoms in total. The van der Waals surface area contributed by atoms with Crippen molar-refractivity contribution < 1.29 is 23.9 Å². The molecule has 3 N–H and O–H groups in total. The summed E-state index contributed by atoms with van der Waals surface area (Å²) in [6, 6.07) is 18.1. The third-order valence-electron chi connectivity index (χ3n) is 7.64. The molecule has 42 heavy (non-hydrogen) atoms. The van der Waals surface area contributed by atoms with Gasteiger partial charge in [-0.3, -0.25) is 14.4 Å². The van der Waals surface area contributed by atoms with E-state index in [4.69, 9.17) is 4.74 Å². The molecule has 2 aromatic rings. The van der Waals surface area contributed by atoms with Crippen molar-refractivity contribution >= 4 is 23.8 Å². The first-order valence-corrected chi connectivity index (χ1v) is 14.8. The van der Waals surface area contributed by atoms with Crippen LogP contribution in [0.4, 0.5) is 4.79 Å². The predicted molar refractivity (Wildman–Crippen MR) is 161 cm³/mol. The molecule has 10 heteroatoms. The summed E-state index contributed by atoms with van der Waals surface area (Å²) < 4.78 is 5.26. The number of nitrogens with one attached hydrogen (secondary N) is 3. The quantitative estimate of drug-likeness (QED) is 0.279. The highest BCUT2D eigenvalue weighted by Gasteiger charge is 2.35. The van der Waals surface area contributed by atoms with E-state index in [1.807, 2.05) is 70.5 Å². The summed E-state index contributed by atoms with van der Waals surface area (Å²) in [5.41, 5.74) is 2.05. The Labute approximate surface area is 249 Å². The molecule has 0 unspecified atom stereocenters. The van der Waals surface area contributed by atoms with E-state index in [1.165, 1.54) is 0 Å². The average Bonchev–Trinajstić information content (AvgIpc) is 3.47. The van der Waals surface area contributed by atoms with Crippen LogP contribution in [0, 0.1) is 0 Å². The van der Waals surface area contributed by atoms with Gasteiger partial charge >= 0.3 is 6.09 Å². The molecule has 3 rings (SSSR count). The number of carbonyl (C=O) groups is 4. The van der Waals surface area contributed by atoms with Gasteiger partial charge in [-0.1, -0.05) is 60.7 Å². The van der Waals surface area contributed by atoms with Crippen LogP contribution < -0.4 is 16.0 Å². The molecule has 0 aliphatic carbocycles. The van der Waals surface area contributed by atoms with E-state index in [9.17, 15) is 19.2 Å². The van der Waals surface area contributed by atoms with Gasteiger partial charge in [0.15, 0.2) is 0 Å². The molecular formula is C32H45N5O5. The molecule has 1 aliphatic heterocycles. The van der Waals surface area contributed by atoms with Crippen LogP contribution in [0.15, 0.2) is 60.7 Å². The number of likely N-dealkylation sites (N-methyl/N-ethyl adjacent to an activating group) is 1. The minimum atomic E-state index is -0.744. The minimum Gasteiger partial charge on any atom is -0.445 e. The molecule has 0 radical (unpaired) electrons. The highest BCUT2D eigenvalue weighted by atomic mass is 16.5. The van der Waals surface area contributed by atoms with E-state index >= 15 is 0 Å². The van der Waals surface area contributed by atoms with E-state index in [-0.39, 0.29) is 30.4 Å². The maximum absolute atomic E-state index is 13.8. The molecular weight excluding hydrogens is 534 g/mol. The minimum absolute atomic E-state index is 0.0249. The van der Waals surface area contributed by atoms with Crippen molar-refractivity contribution in [2.24, 2.45) is 0 Å². The van der Waals surface area contributed by atoms with Gasteiger partial charge in [0.25, 0.3) is 0 Å². The van der Waals surface area contributed by atoms with Crippen LogP contribution in [-0.2, 0) is 32.1 Å². The van der Waals surface area contributed by atoms with Gasteiger partial charge in [-0.25, -0.2) is 4.79 Å². The van der Waals surface area contributed by atoms with Gasteiger partial charge < -0.3 is 30.5 Å². The Bertz CT molecular complexity index is 1150. The second kappa shape index (κ2) is 17.1. The number of likely N-dealkylation sites (tertiary alicyclic amines) is 1. The Morgan fingerprint density at radius 2 is 1.69 bits per heavy atom. The zero-order chi connectivity index (χ0) is 30.3. The van der Waals surface area contributed by atoms with Crippen molar-refractivity contribution in [3.8, 4) is 0 Å². The maximum atomic E-state index is 13.8. The molecule has 1 heterocycles. The van der Waals surface area contributed by atoms with E-state index in [0.29, 0.717) is 39.0 Å². The fourth-order valence-corrected chi connectivity index (χ4v) is 5.01. The Morgan fingerprint density at radius 3 is 2.33 bits per heavy atom. The molecule has 0 spiro atoms. The van der Waals surface area contributed by atoms with Crippen molar-refractivity contribution in [2.75, 3.05) is 33.2 Å². The monoisotopic (exact) mass is 579 g/mol. The highest BCUT2D eigenvalue weighted by Crippen LogP contribution is 2.21. The second-order valence-electron chi connectivity index (χ2n) is 10.7. The number of benzene rings is 2. The number of amides is 4. The lowest BCUT2D eigenvalue weighted by Gasteiger charge is -2.33. The lowest BCUT2D eigenvalue weighted by atomic mass is 10.1. The molecule has 0 aromatic heterocycles. The summed E-state index contributed by atoms with van der Waals surface area (Å²) in [7, 11) is 1.69. The first kappa shape index (κ1) is 32.6. The summed E-state index contributed by atoms with van der Waals surface area (Å²) in [4.78, 5) is 54.8. The molecule has 3 atom stereocenters. The van der Waals surface area contributed by atoms with Gasteiger partial charge in [0, 0.05) is 39.1 Å². The van der Waals surface area contributed by atoms with Crippen molar-refractivity contribution in [2.45, 2.75) is 70.7 Å². The molecule has 1 fully saturated rings. The molecule has 0 saturated carbocycles. The molecule has 228 valence electrons. The number of rotatable bonds is 15. The molecule has 2 aromatic carbocycles. The van der Waals surface area contributed by atoms with E-state index in [0.717, 1.165) is 30.4 Å². The Balaban J connectivity index is 1.57. The third kappa shape index (κ3) is 10.5. The first-order chi connectivity index (χ1) is 20.3. The van der Waals surface area contributed by atoms with Crippen LogP contribution in [-0.4, -0.2) is 85.0 Å². The van der Waals surface area contributed by atoms with E-state index in [2.05, 4.69) is 16.0 Å². The van der Waals surface area contributed by atoms with Gasteiger partial charge in [0.2, 0.25) is 17.7 Å². The number of ether oxygens (including phenoxy) is 1. The van der Waals surface area contributed by atoms with Crippen LogP contribution in [0.3, 0.4) is 0 Å². The number of alkyl carbamates (subject to hydrolysis) is 1. The van der Waals surface area contributed by atoms with Gasteiger partial charge in [0.1, 0.15) is 12.6 Å². The average molecular weight is 580 g/mol. The summed E-state index contributed by atoms with van der Waals surface area (Å²) in [6.07, 6.45) is 2.66. The number of nitrogens with zero attached hydrogens (tertiary/aromatic N) is 2. The molecule has 1 saturated heterocycles. The lowest BCUT2D eigenvalue weighted by Crippen LogP contribution is -2.55. The van der Waals surface area contributed by atoms with Crippen molar-refractivity contribution in [3.05, 3.63) is 71.8 Å². The zero-order valence-corrected chi connectivity index (χ0v) is 25.0. The maximum Gasteiger partial charge on any atom is 0.407 e. The van der Waals surface area contributed by atoms with E-state index < -0.39 is 18.2 Å². The molecule has 4 amide bonds. The SMILES string of the molecule is CN[C@@H](C)C(=O)N[C@@H](CCCNC(=O)OCc1ccccc1)C(=O)N1CCC[C@H]1CN(CCc1ccccc1)C(C)=O. The summed E-state index contributed by atoms with van der Waals surface area (Å²) in [5.74, 6) is -0.453. The largest absolute Gasteiger partial charge is 0.445 e. The van der Waals surface area contributed by atoms with Crippen LogP contribution >= 0.6 is 0 Å². The summed E-state index contributed by atoms with van der Waals surface area (Å²) in [5, 5.41) is 8.54. The van der Waals surface area contributed by atoms with Crippen molar-refractivity contribution in [1.82, 2.24) is 25.8 Å². The first-order valence-electron chi connectivity index (χ1n) is 14.8. The fraction of sp³-hybridized carbons (Fsp3) is 0.500. The topological polar surface area (TPSA) is 120 Å². The Kier molecular flexibility index (Phi) is 13.3. The standard InChI is InChI=1S/C32H45N5O5/c1-24(33-3)30(39)35-29(17-10-19-34-32(41)42-23-27-14-8-5-9-15-27)31(40)37-20-11-16-28(37)22-36(25(2)38)21-18-26-12-6-4-7-13-26/h4-9,12-15,24,28-29,33H,10-11,16-23H2,1-3H3,(H,34,41)(H,35,39)/t24-,28-,29-/m0/s1. The lowest BCUT2D eigenvalue weighted by molar-refractivity contribution is -0.139. The second-order valence-corrected chi connectivity index (χ2v) is 10.7. The van der Waals surface area contributed by atoms with Crippen molar-refractivity contribution in [3.63, 3.8) is 0 Å². The van der Waals surface area contributed by atoms with Gasteiger partial charge in [-0.2, -0.15) is 0 Å². The Morgan fingerprint density at radius 1 is 1.02 bits per heavy atom. The molecule has 1 aliphatic rings. The summed E-state index contributed by atoms with van der Waals surface area (Å²) >= 11 is 0. The van der Waals surface area contributed by atoms with Gasteiger partial charge in [-0.15, -0.1) is 0 Å². The number of hydrogen-bond donors (Lipinski definition) is 3. The van der Waals surface area contributed by atoms with Gasteiger partial charge in [0.05, 0.1) is 6.04 Å².